The fraction of sp³-hybridized carbons (Fsp3) is 0.889. The lowest BCUT2D eigenvalue weighted by Gasteiger charge is -2.59. The summed E-state index contributed by atoms with van der Waals surface area (Å²) >= 11 is 0. The van der Waals surface area contributed by atoms with E-state index in [4.69, 9.17) is 14.2 Å². The SMILES string of the molecule is C#C.C[C@@H]1C23CC[C@H](OC4CC(O)[C@@H](O)CO4)C(C)(C)C2CC[C@H]2C4CC5=C(CC[C@H](CC(C)(C)O)O5)[C@@]4(C)CC[C@]123. The van der Waals surface area contributed by atoms with E-state index in [1.807, 2.05) is 13.8 Å². The molecule has 1 saturated heterocycles. The lowest BCUT2D eigenvalue weighted by atomic mass is 9.46. The number of allylic oxidation sites excluding steroid dienone is 2. The molecule has 4 saturated carbocycles. The topological polar surface area (TPSA) is 88.4 Å². The summed E-state index contributed by atoms with van der Waals surface area (Å²) in [6, 6.07) is 0. The smallest absolute Gasteiger partial charge is 0.160 e. The van der Waals surface area contributed by atoms with Gasteiger partial charge < -0.3 is 29.5 Å². The van der Waals surface area contributed by atoms with Crippen molar-refractivity contribution in [2.24, 2.45) is 45.3 Å². The molecule has 12 atom stereocenters. The van der Waals surface area contributed by atoms with Crippen molar-refractivity contribution in [3.8, 4) is 12.8 Å². The minimum absolute atomic E-state index is 0.0483. The molecule has 0 aromatic carbocycles. The van der Waals surface area contributed by atoms with Gasteiger partial charge in [0.1, 0.15) is 12.2 Å². The lowest BCUT2D eigenvalue weighted by molar-refractivity contribution is -0.264. The maximum Gasteiger partial charge on any atom is 0.160 e. The number of hydrogen-bond donors (Lipinski definition) is 3. The normalized spacial score (nSPS) is 50.5. The molecule has 5 aliphatic carbocycles. The second-order valence-corrected chi connectivity index (χ2v) is 16.6. The monoisotopic (exact) mass is 584 g/mol. The molecule has 3 N–H and O–H groups in total. The van der Waals surface area contributed by atoms with Gasteiger partial charge in [-0.05, 0) is 116 Å². The van der Waals surface area contributed by atoms with Gasteiger partial charge in [0.2, 0.25) is 0 Å². The minimum atomic E-state index is -0.810. The van der Waals surface area contributed by atoms with Gasteiger partial charge in [-0.25, -0.2) is 0 Å². The van der Waals surface area contributed by atoms with E-state index in [9.17, 15) is 15.3 Å². The molecule has 7 rings (SSSR count). The summed E-state index contributed by atoms with van der Waals surface area (Å²) in [5.41, 5.74) is 2.13. The molecule has 236 valence electrons. The Morgan fingerprint density at radius 3 is 2.38 bits per heavy atom. The number of ether oxygens (including phenoxy) is 3. The molecule has 0 aromatic rings. The second kappa shape index (κ2) is 10.2. The van der Waals surface area contributed by atoms with Crippen LogP contribution < -0.4 is 0 Å². The first-order chi connectivity index (χ1) is 19.7. The Bertz CT molecular complexity index is 1100. The standard InChI is InChI=1S/C34H54O6.C2H2/c1-19-33-14-13-32(6)22-8-7-20(17-30(2,3)37)39-26(22)15-23(32)21(33)9-10-27-31(4,5)28(11-12-34(19,27)33)40-29-16-24(35)25(36)18-38-29;1-2/h19-21,23-25,27-29,35-37H,7-18H2,1-6H3;1-2H/t19-,20+,21-,23?,24?,25-,27?,28-,29?,32+,33-,34?;/m0./s1. The average Bonchev–Trinajstić information content (AvgIpc) is 3.30. The van der Waals surface area contributed by atoms with E-state index in [2.05, 4.69) is 40.5 Å². The van der Waals surface area contributed by atoms with Crippen LogP contribution in [0.4, 0.5) is 0 Å². The van der Waals surface area contributed by atoms with Crippen molar-refractivity contribution in [1.82, 2.24) is 0 Å². The number of hydrogen-bond acceptors (Lipinski definition) is 6. The minimum Gasteiger partial charge on any atom is -0.495 e. The van der Waals surface area contributed by atoms with Crippen molar-refractivity contribution in [2.75, 3.05) is 6.61 Å². The van der Waals surface area contributed by atoms with Crippen molar-refractivity contribution in [3.63, 3.8) is 0 Å². The van der Waals surface area contributed by atoms with Gasteiger partial charge in [0.25, 0.3) is 0 Å². The molecular weight excluding hydrogens is 528 g/mol. The maximum atomic E-state index is 10.4. The van der Waals surface area contributed by atoms with E-state index < -0.39 is 24.1 Å². The molecule has 2 aliphatic heterocycles. The van der Waals surface area contributed by atoms with Crippen LogP contribution in [0.1, 0.15) is 112 Å². The molecule has 2 spiro atoms. The first-order valence-electron chi connectivity index (χ1n) is 16.8. The molecule has 5 fully saturated rings. The Morgan fingerprint density at radius 2 is 1.69 bits per heavy atom. The van der Waals surface area contributed by atoms with E-state index in [0.717, 1.165) is 37.5 Å². The lowest BCUT2D eigenvalue weighted by Crippen LogP contribution is -2.55. The highest BCUT2D eigenvalue weighted by Gasteiger charge is 2.84. The number of terminal acetylenes is 1. The van der Waals surface area contributed by atoms with Crippen LogP contribution in [-0.4, -0.2) is 58.2 Å². The van der Waals surface area contributed by atoms with Crippen LogP contribution >= 0.6 is 0 Å². The summed E-state index contributed by atoms with van der Waals surface area (Å²) in [6.07, 6.45) is 18.1. The summed E-state index contributed by atoms with van der Waals surface area (Å²) < 4.78 is 19.1. The summed E-state index contributed by atoms with van der Waals surface area (Å²) in [7, 11) is 0. The van der Waals surface area contributed by atoms with Crippen molar-refractivity contribution in [3.05, 3.63) is 11.3 Å². The summed E-state index contributed by atoms with van der Waals surface area (Å²) in [5.74, 6) is 4.16. The molecule has 6 heteroatoms. The number of aliphatic hydroxyl groups excluding tert-OH is 2. The highest BCUT2D eigenvalue weighted by atomic mass is 16.7. The van der Waals surface area contributed by atoms with E-state index in [1.54, 1.807) is 5.57 Å². The highest BCUT2D eigenvalue weighted by Crippen LogP contribution is 2.89. The van der Waals surface area contributed by atoms with Crippen LogP contribution in [0.15, 0.2) is 11.3 Å². The molecule has 42 heavy (non-hydrogen) atoms. The van der Waals surface area contributed by atoms with E-state index >= 15 is 0 Å². The maximum absolute atomic E-state index is 10.4. The zero-order valence-corrected chi connectivity index (χ0v) is 26.9. The van der Waals surface area contributed by atoms with Crippen LogP contribution in [0.25, 0.3) is 0 Å². The zero-order valence-electron chi connectivity index (χ0n) is 26.9. The first-order valence-corrected chi connectivity index (χ1v) is 16.8. The molecule has 7 aliphatic rings. The van der Waals surface area contributed by atoms with Gasteiger partial charge in [0, 0.05) is 19.3 Å². The van der Waals surface area contributed by atoms with Crippen LogP contribution in [0, 0.1) is 58.2 Å². The largest absolute Gasteiger partial charge is 0.495 e. The molecule has 6 nitrogen and oxygen atoms in total. The third-order valence-corrected chi connectivity index (χ3v) is 14.1. The van der Waals surface area contributed by atoms with E-state index in [1.165, 1.54) is 37.9 Å². The van der Waals surface area contributed by atoms with Crippen molar-refractivity contribution < 1.29 is 29.5 Å². The van der Waals surface area contributed by atoms with Crippen LogP contribution in [-0.2, 0) is 14.2 Å². The van der Waals surface area contributed by atoms with Gasteiger partial charge in [0.15, 0.2) is 6.29 Å². The number of rotatable bonds is 4. The van der Waals surface area contributed by atoms with Gasteiger partial charge >= 0.3 is 0 Å². The summed E-state index contributed by atoms with van der Waals surface area (Å²) in [6.45, 7) is 14.0. The third kappa shape index (κ3) is 4.23. The Kier molecular flexibility index (Phi) is 7.51. The van der Waals surface area contributed by atoms with Gasteiger partial charge in [-0.1, -0.05) is 27.7 Å². The third-order valence-electron chi connectivity index (χ3n) is 14.1. The van der Waals surface area contributed by atoms with Crippen molar-refractivity contribution in [1.29, 1.82) is 0 Å². The predicted molar refractivity (Wildman–Crippen MR) is 162 cm³/mol. The number of fused-ring (bicyclic) bond motifs is 3. The van der Waals surface area contributed by atoms with Gasteiger partial charge in [-0.3, -0.25) is 0 Å². The van der Waals surface area contributed by atoms with E-state index in [-0.39, 0.29) is 29.6 Å². The molecule has 5 unspecified atom stereocenters. The first kappa shape index (κ1) is 30.9. The van der Waals surface area contributed by atoms with Gasteiger partial charge in [-0.2, -0.15) is 0 Å². The Hall–Kier alpha value is -1.10. The molecule has 2 heterocycles. The fourth-order valence-electron chi connectivity index (χ4n) is 12.4. The van der Waals surface area contributed by atoms with Crippen LogP contribution in [0.5, 0.6) is 0 Å². The zero-order chi connectivity index (χ0) is 30.5. The van der Waals surface area contributed by atoms with Crippen molar-refractivity contribution in [2.45, 2.75) is 148 Å². The molecule has 0 radical (unpaired) electrons. The molecule has 0 bridgehead atoms. The van der Waals surface area contributed by atoms with Crippen molar-refractivity contribution >= 4 is 0 Å². The van der Waals surface area contributed by atoms with Gasteiger partial charge in [0.05, 0.1) is 30.2 Å². The summed E-state index contributed by atoms with van der Waals surface area (Å²) in [5, 5.41) is 30.5. The Labute approximate surface area is 254 Å². The predicted octanol–water partition coefficient (Wildman–Crippen LogP) is 5.97. The quantitative estimate of drug-likeness (QED) is 0.279. The summed E-state index contributed by atoms with van der Waals surface area (Å²) in [4.78, 5) is 0. The molecule has 0 aromatic heterocycles. The molecular formula is C36H56O6. The average molecular weight is 585 g/mol. The van der Waals surface area contributed by atoms with E-state index in [0.29, 0.717) is 35.5 Å². The van der Waals surface area contributed by atoms with Crippen LogP contribution in [0.3, 0.4) is 0 Å². The fourth-order valence-corrected chi connectivity index (χ4v) is 12.4. The molecule has 0 amide bonds. The highest BCUT2D eigenvalue weighted by molar-refractivity contribution is 5.37. The second-order valence-electron chi connectivity index (χ2n) is 16.6. The Balaban J connectivity index is 0.00000155. The number of aliphatic hydroxyl groups is 3. The Morgan fingerprint density at radius 1 is 0.952 bits per heavy atom. The van der Waals surface area contributed by atoms with Gasteiger partial charge in [-0.15, -0.1) is 12.8 Å². The van der Waals surface area contributed by atoms with Crippen LogP contribution in [0.2, 0.25) is 0 Å².